The zero-order valence-corrected chi connectivity index (χ0v) is 12.6. The summed E-state index contributed by atoms with van der Waals surface area (Å²) in [6, 6.07) is 5.72. The smallest absolute Gasteiger partial charge is 0.274 e. The molecule has 110 valence electrons. The molecule has 20 heavy (non-hydrogen) atoms. The Morgan fingerprint density at radius 3 is 2.75 bits per heavy atom. The highest BCUT2D eigenvalue weighted by molar-refractivity contribution is 5.60. The molecule has 0 saturated heterocycles. The molecule has 0 aromatic heterocycles. The summed E-state index contributed by atoms with van der Waals surface area (Å²) in [5, 5.41) is 14.5. The Morgan fingerprint density at radius 1 is 1.35 bits per heavy atom. The summed E-state index contributed by atoms with van der Waals surface area (Å²) in [5.74, 6) is 1.48. The molecule has 4 heteroatoms. The van der Waals surface area contributed by atoms with Crippen molar-refractivity contribution in [3.63, 3.8) is 0 Å². The standard InChI is InChI=1S/C16H24N2O2/c1-11(2)13-6-4-7-14(10-13)17-15-8-5-9-16(12(15)3)18(19)20/h5,8-9,11,13-14,17H,4,6-7,10H2,1-3H3. The summed E-state index contributed by atoms with van der Waals surface area (Å²) in [6.45, 7) is 6.39. The predicted octanol–water partition coefficient (Wildman–Crippen LogP) is 4.53. The molecule has 0 bridgehead atoms. The predicted molar refractivity (Wildman–Crippen MR) is 82.0 cm³/mol. The van der Waals surface area contributed by atoms with Crippen LogP contribution in [0.4, 0.5) is 11.4 Å². The highest BCUT2D eigenvalue weighted by Gasteiger charge is 2.25. The Balaban J connectivity index is 2.10. The fourth-order valence-corrected chi connectivity index (χ4v) is 3.16. The Labute approximate surface area is 120 Å². The Hall–Kier alpha value is -1.58. The van der Waals surface area contributed by atoms with Gasteiger partial charge in [-0.25, -0.2) is 0 Å². The Kier molecular flexibility index (Phi) is 4.63. The average Bonchev–Trinajstić information content (AvgIpc) is 2.41. The van der Waals surface area contributed by atoms with Crippen LogP contribution in [0.25, 0.3) is 0 Å². The van der Waals surface area contributed by atoms with E-state index in [1.807, 2.05) is 13.0 Å². The van der Waals surface area contributed by atoms with Crippen molar-refractivity contribution in [1.82, 2.24) is 0 Å². The number of nitrogens with one attached hydrogen (secondary N) is 1. The second kappa shape index (κ2) is 6.25. The van der Waals surface area contributed by atoms with Gasteiger partial charge in [0.1, 0.15) is 0 Å². The molecule has 0 spiro atoms. The lowest BCUT2D eigenvalue weighted by Crippen LogP contribution is -2.29. The molecule has 1 aliphatic carbocycles. The highest BCUT2D eigenvalue weighted by Crippen LogP contribution is 2.33. The molecule has 1 aliphatic rings. The monoisotopic (exact) mass is 276 g/mol. The van der Waals surface area contributed by atoms with E-state index in [4.69, 9.17) is 0 Å². The van der Waals surface area contributed by atoms with Crippen molar-refractivity contribution >= 4 is 11.4 Å². The zero-order chi connectivity index (χ0) is 14.7. The van der Waals surface area contributed by atoms with Crippen LogP contribution in [0.15, 0.2) is 18.2 Å². The maximum atomic E-state index is 11.0. The third-order valence-electron chi connectivity index (χ3n) is 4.52. The van der Waals surface area contributed by atoms with Gasteiger partial charge in [0.25, 0.3) is 5.69 Å². The third kappa shape index (κ3) is 3.30. The van der Waals surface area contributed by atoms with Crippen LogP contribution < -0.4 is 5.32 Å². The first kappa shape index (κ1) is 14.8. The van der Waals surface area contributed by atoms with Gasteiger partial charge in [-0.2, -0.15) is 0 Å². The van der Waals surface area contributed by atoms with Crippen molar-refractivity contribution in [1.29, 1.82) is 0 Å². The minimum absolute atomic E-state index is 0.200. The minimum Gasteiger partial charge on any atom is -0.382 e. The maximum Gasteiger partial charge on any atom is 0.274 e. The van der Waals surface area contributed by atoms with Gasteiger partial charge in [-0.05, 0) is 37.7 Å². The van der Waals surface area contributed by atoms with E-state index in [1.54, 1.807) is 12.1 Å². The Morgan fingerprint density at radius 2 is 2.10 bits per heavy atom. The number of nitro benzene ring substituents is 1. The van der Waals surface area contributed by atoms with Crippen LogP contribution in [-0.4, -0.2) is 11.0 Å². The number of nitro groups is 1. The first-order valence-corrected chi connectivity index (χ1v) is 7.49. The van der Waals surface area contributed by atoms with Crippen molar-refractivity contribution < 1.29 is 4.92 Å². The fourth-order valence-electron chi connectivity index (χ4n) is 3.16. The number of hydrogen-bond acceptors (Lipinski definition) is 3. The first-order valence-electron chi connectivity index (χ1n) is 7.49. The lowest BCUT2D eigenvalue weighted by atomic mass is 9.79. The summed E-state index contributed by atoms with van der Waals surface area (Å²) in [7, 11) is 0. The topological polar surface area (TPSA) is 55.2 Å². The number of rotatable bonds is 4. The van der Waals surface area contributed by atoms with Crippen molar-refractivity contribution in [2.75, 3.05) is 5.32 Å². The molecule has 2 unspecified atom stereocenters. The molecule has 1 saturated carbocycles. The van der Waals surface area contributed by atoms with Crippen LogP contribution in [0.5, 0.6) is 0 Å². The molecule has 0 heterocycles. The van der Waals surface area contributed by atoms with Gasteiger partial charge in [0, 0.05) is 23.4 Å². The van der Waals surface area contributed by atoms with Gasteiger partial charge in [-0.3, -0.25) is 10.1 Å². The molecule has 4 nitrogen and oxygen atoms in total. The van der Waals surface area contributed by atoms with Gasteiger partial charge in [0.15, 0.2) is 0 Å². The van der Waals surface area contributed by atoms with Crippen molar-refractivity contribution in [2.45, 2.75) is 52.5 Å². The number of anilines is 1. The van der Waals surface area contributed by atoms with Crippen LogP contribution >= 0.6 is 0 Å². The molecule has 1 aromatic rings. The van der Waals surface area contributed by atoms with Crippen molar-refractivity contribution in [3.05, 3.63) is 33.9 Å². The summed E-state index contributed by atoms with van der Waals surface area (Å²) >= 11 is 0. The normalized spacial score (nSPS) is 22.8. The van der Waals surface area contributed by atoms with Crippen LogP contribution in [0.1, 0.15) is 45.1 Å². The summed E-state index contributed by atoms with van der Waals surface area (Å²) < 4.78 is 0. The van der Waals surface area contributed by atoms with Crippen LogP contribution in [0.3, 0.4) is 0 Å². The maximum absolute atomic E-state index is 11.0. The van der Waals surface area contributed by atoms with Gasteiger partial charge >= 0.3 is 0 Å². The molecule has 1 fully saturated rings. The van der Waals surface area contributed by atoms with Gasteiger partial charge in [-0.1, -0.05) is 32.8 Å². The van der Waals surface area contributed by atoms with E-state index in [1.165, 1.54) is 19.3 Å². The molecule has 0 amide bonds. The van der Waals surface area contributed by atoms with Crippen LogP contribution in [0, 0.1) is 28.9 Å². The molecular weight excluding hydrogens is 252 g/mol. The number of nitrogens with zero attached hydrogens (tertiary/aromatic N) is 1. The van der Waals surface area contributed by atoms with Crippen molar-refractivity contribution in [2.24, 2.45) is 11.8 Å². The number of benzene rings is 1. The zero-order valence-electron chi connectivity index (χ0n) is 12.6. The number of hydrogen-bond donors (Lipinski definition) is 1. The third-order valence-corrected chi connectivity index (χ3v) is 4.52. The largest absolute Gasteiger partial charge is 0.382 e. The van der Waals surface area contributed by atoms with E-state index in [9.17, 15) is 10.1 Å². The van der Waals surface area contributed by atoms with Gasteiger partial charge < -0.3 is 5.32 Å². The molecule has 2 atom stereocenters. The van der Waals surface area contributed by atoms with Gasteiger partial charge in [0.05, 0.1) is 4.92 Å². The summed E-state index contributed by atoms with van der Waals surface area (Å²) in [4.78, 5) is 10.7. The van der Waals surface area contributed by atoms with E-state index >= 15 is 0 Å². The second-order valence-electron chi connectivity index (χ2n) is 6.22. The lowest BCUT2D eigenvalue weighted by molar-refractivity contribution is -0.385. The molecule has 0 aliphatic heterocycles. The minimum atomic E-state index is -0.307. The molecular formula is C16H24N2O2. The van der Waals surface area contributed by atoms with Crippen molar-refractivity contribution in [3.8, 4) is 0 Å². The molecule has 1 aromatic carbocycles. The lowest BCUT2D eigenvalue weighted by Gasteiger charge is -2.33. The average molecular weight is 276 g/mol. The van der Waals surface area contributed by atoms with Gasteiger partial charge in [-0.15, -0.1) is 0 Å². The second-order valence-corrected chi connectivity index (χ2v) is 6.22. The molecule has 1 N–H and O–H groups in total. The Bertz CT molecular complexity index is 485. The van der Waals surface area contributed by atoms with Crippen LogP contribution in [-0.2, 0) is 0 Å². The fraction of sp³-hybridized carbons (Fsp3) is 0.625. The van der Waals surface area contributed by atoms with Crippen LogP contribution in [0.2, 0.25) is 0 Å². The molecule has 0 radical (unpaired) electrons. The van der Waals surface area contributed by atoms with E-state index in [0.29, 0.717) is 12.0 Å². The van der Waals surface area contributed by atoms with E-state index in [0.717, 1.165) is 23.6 Å². The first-order chi connectivity index (χ1) is 9.49. The highest BCUT2D eigenvalue weighted by atomic mass is 16.6. The van der Waals surface area contributed by atoms with E-state index in [-0.39, 0.29) is 10.6 Å². The SMILES string of the molecule is Cc1c(NC2CCCC(C(C)C)C2)cccc1[N+](=O)[O-]. The van der Waals surface area contributed by atoms with Gasteiger partial charge in [0.2, 0.25) is 0 Å². The van der Waals surface area contributed by atoms with E-state index in [2.05, 4.69) is 19.2 Å². The van der Waals surface area contributed by atoms with E-state index < -0.39 is 0 Å². The molecule has 2 rings (SSSR count). The summed E-state index contributed by atoms with van der Waals surface area (Å²) in [5.41, 5.74) is 1.85. The summed E-state index contributed by atoms with van der Waals surface area (Å²) in [6.07, 6.45) is 4.88. The quantitative estimate of drug-likeness (QED) is 0.649.